The predicted octanol–water partition coefficient (Wildman–Crippen LogP) is 2.47. The van der Waals surface area contributed by atoms with Gasteiger partial charge in [0.1, 0.15) is 5.82 Å². The molecule has 0 spiro atoms. The third-order valence-corrected chi connectivity index (χ3v) is 3.21. The van der Waals surface area contributed by atoms with Gasteiger partial charge in [-0.05, 0) is 45.8 Å². The first kappa shape index (κ1) is 15.6. The third-order valence-electron chi connectivity index (χ3n) is 3.21. The fourth-order valence-electron chi connectivity index (χ4n) is 2.21. The number of rotatable bonds is 6. The molecule has 0 aromatic heterocycles. The Kier molecular flexibility index (Phi) is 5.94. The molecule has 0 saturated carbocycles. The molecule has 0 aliphatic heterocycles. The standard InChI is InChI=1S/C15H22FN3/c1-5-19(12(2)10-18(3)4)11-14-8-13(9-17)6-7-15(14)16/h6-8,12H,5,10-11H2,1-4H3. The van der Waals surface area contributed by atoms with Gasteiger partial charge in [-0.25, -0.2) is 4.39 Å². The molecule has 0 radical (unpaired) electrons. The van der Waals surface area contributed by atoms with E-state index in [0.717, 1.165) is 13.1 Å². The molecule has 1 unspecified atom stereocenters. The van der Waals surface area contributed by atoms with E-state index in [1.165, 1.54) is 12.1 Å². The third kappa shape index (κ3) is 4.62. The van der Waals surface area contributed by atoms with Crippen molar-refractivity contribution in [3.05, 3.63) is 35.1 Å². The molecule has 1 atom stereocenters. The first-order chi connectivity index (χ1) is 8.97. The molecule has 0 aliphatic rings. The Bertz CT molecular complexity index is 451. The highest BCUT2D eigenvalue weighted by Gasteiger charge is 2.15. The van der Waals surface area contributed by atoms with Crippen molar-refractivity contribution in [1.82, 2.24) is 9.80 Å². The van der Waals surface area contributed by atoms with Gasteiger partial charge in [-0.3, -0.25) is 4.90 Å². The summed E-state index contributed by atoms with van der Waals surface area (Å²) in [5, 5.41) is 8.88. The maximum atomic E-state index is 13.8. The molecule has 0 amide bonds. The molecular weight excluding hydrogens is 241 g/mol. The monoisotopic (exact) mass is 263 g/mol. The molecule has 1 aromatic carbocycles. The Hall–Kier alpha value is -1.44. The first-order valence-corrected chi connectivity index (χ1v) is 6.55. The van der Waals surface area contributed by atoms with E-state index in [-0.39, 0.29) is 5.82 Å². The molecule has 0 saturated heterocycles. The van der Waals surface area contributed by atoms with Gasteiger partial charge < -0.3 is 4.90 Å². The molecule has 104 valence electrons. The van der Waals surface area contributed by atoms with Crippen molar-refractivity contribution in [3.8, 4) is 6.07 Å². The van der Waals surface area contributed by atoms with Crippen LogP contribution in [0.15, 0.2) is 18.2 Å². The zero-order chi connectivity index (χ0) is 14.4. The van der Waals surface area contributed by atoms with Crippen molar-refractivity contribution in [3.63, 3.8) is 0 Å². The van der Waals surface area contributed by atoms with Gasteiger partial charge >= 0.3 is 0 Å². The van der Waals surface area contributed by atoms with Crippen molar-refractivity contribution < 1.29 is 4.39 Å². The Morgan fingerprint density at radius 3 is 2.58 bits per heavy atom. The summed E-state index contributed by atoms with van der Waals surface area (Å²) in [7, 11) is 4.06. The summed E-state index contributed by atoms with van der Waals surface area (Å²) in [5.41, 5.74) is 1.10. The summed E-state index contributed by atoms with van der Waals surface area (Å²) in [6.45, 7) is 6.51. The van der Waals surface area contributed by atoms with Gasteiger partial charge in [0.2, 0.25) is 0 Å². The molecule has 0 bridgehead atoms. The van der Waals surface area contributed by atoms with Gasteiger partial charge in [0.15, 0.2) is 0 Å². The van der Waals surface area contributed by atoms with Gasteiger partial charge in [0, 0.05) is 24.7 Å². The second-order valence-corrected chi connectivity index (χ2v) is 5.09. The number of nitrogens with zero attached hydrogens (tertiary/aromatic N) is 3. The van der Waals surface area contributed by atoms with Crippen LogP contribution in [0.4, 0.5) is 4.39 Å². The van der Waals surface area contributed by atoms with Crippen LogP contribution in [0.2, 0.25) is 0 Å². The second kappa shape index (κ2) is 7.22. The summed E-state index contributed by atoms with van der Waals surface area (Å²) in [6.07, 6.45) is 0. The second-order valence-electron chi connectivity index (χ2n) is 5.09. The summed E-state index contributed by atoms with van der Waals surface area (Å²) >= 11 is 0. The first-order valence-electron chi connectivity index (χ1n) is 6.55. The molecule has 0 heterocycles. The van der Waals surface area contributed by atoms with Crippen molar-refractivity contribution in [2.24, 2.45) is 0 Å². The van der Waals surface area contributed by atoms with Crippen molar-refractivity contribution >= 4 is 0 Å². The fraction of sp³-hybridized carbons (Fsp3) is 0.533. The average Bonchev–Trinajstić information content (AvgIpc) is 2.36. The molecular formula is C15H22FN3. The molecule has 1 rings (SSSR count). The number of likely N-dealkylation sites (N-methyl/N-ethyl adjacent to an activating group) is 2. The van der Waals surface area contributed by atoms with E-state index in [1.54, 1.807) is 6.07 Å². The SMILES string of the molecule is CCN(Cc1cc(C#N)ccc1F)C(C)CN(C)C. The van der Waals surface area contributed by atoms with Crippen LogP contribution in [0, 0.1) is 17.1 Å². The lowest BCUT2D eigenvalue weighted by molar-refractivity contribution is 0.172. The van der Waals surface area contributed by atoms with Gasteiger partial charge in [-0.2, -0.15) is 5.26 Å². The Balaban J connectivity index is 2.83. The van der Waals surface area contributed by atoms with Crippen molar-refractivity contribution in [1.29, 1.82) is 5.26 Å². The predicted molar refractivity (Wildman–Crippen MR) is 75.2 cm³/mol. The van der Waals surface area contributed by atoms with Crippen LogP contribution in [0.1, 0.15) is 25.0 Å². The van der Waals surface area contributed by atoms with Crippen LogP contribution in [0.5, 0.6) is 0 Å². The zero-order valence-corrected chi connectivity index (χ0v) is 12.2. The molecule has 1 aromatic rings. The Labute approximate surface area is 115 Å². The fourth-order valence-corrected chi connectivity index (χ4v) is 2.21. The molecule has 3 nitrogen and oxygen atoms in total. The van der Waals surface area contributed by atoms with Crippen molar-refractivity contribution in [2.75, 3.05) is 27.2 Å². The van der Waals surface area contributed by atoms with Gasteiger partial charge in [0.05, 0.1) is 11.6 Å². The average molecular weight is 263 g/mol. The Morgan fingerprint density at radius 1 is 1.37 bits per heavy atom. The van der Waals surface area contributed by atoms with Crippen LogP contribution in [0.25, 0.3) is 0 Å². The van der Waals surface area contributed by atoms with E-state index < -0.39 is 0 Å². The molecule has 0 aliphatic carbocycles. The lowest BCUT2D eigenvalue weighted by Gasteiger charge is -2.30. The normalized spacial score (nSPS) is 12.7. The van der Waals surface area contributed by atoms with Gasteiger partial charge in [-0.1, -0.05) is 6.92 Å². The number of hydrogen-bond acceptors (Lipinski definition) is 3. The van der Waals surface area contributed by atoms with Crippen LogP contribution >= 0.6 is 0 Å². The van der Waals surface area contributed by atoms with E-state index in [1.807, 2.05) is 14.1 Å². The number of hydrogen-bond donors (Lipinski definition) is 0. The minimum absolute atomic E-state index is 0.241. The summed E-state index contributed by atoms with van der Waals surface area (Å²) < 4.78 is 13.8. The highest BCUT2D eigenvalue weighted by Crippen LogP contribution is 2.14. The van der Waals surface area contributed by atoms with Gasteiger partial charge in [0.25, 0.3) is 0 Å². The topological polar surface area (TPSA) is 30.3 Å². The molecule has 19 heavy (non-hydrogen) atoms. The Morgan fingerprint density at radius 2 is 2.05 bits per heavy atom. The maximum Gasteiger partial charge on any atom is 0.127 e. The summed E-state index contributed by atoms with van der Waals surface area (Å²) in [5.74, 6) is -0.241. The van der Waals surface area contributed by atoms with E-state index in [0.29, 0.717) is 23.7 Å². The minimum atomic E-state index is -0.241. The van der Waals surface area contributed by atoms with Crippen molar-refractivity contribution in [2.45, 2.75) is 26.4 Å². The van der Waals surface area contributed by atoms with E-state index in [9.17, 15) is 4.39 Å². The lowest BCUT2D eigenvalue weighted by atomic mass is 10.1. The lowest BCUT2D eigenvalue weighted by Crippen LogP contribution is -2.39. The summed E-state index contributed by atoms with van der Waals surface area (Å²) in [6, 6.07) is 6.92. The van der Waals surface area contributed by atoms with Crippen LogP contribution in [-0.4, -0.2) is 43.0 Å². The zero-order valence-electron chi connectivity index (χ0n) is 12.2. The van der Waals surface area contributed by atoms with Crippen LogP contribution in [-0.2, 0) is 6.54 Å². The number of nitriles is 1. The van der Waals surface area contributed by atoms with Gasteiger partial charge in [-0.15, -0.1) is 0 Å². The smallest absolute Gasteiger partial charge is 0.127 e. The number of halogens is 1. The number of benzene rings is 1. The molecule has 4 heteroatoms. The molecule has 0 fully saturated rings. The van der Waals surface area contributed by atoms with E-state index in [4.69, 9.17) is 5.26 Å². The molecule has 0 N–H and O–H groups in total. The highest BCUT2D eigenvalue weighted by atomic mass is 19.1. The largest absolute Gasteiger partial charge is 0.308 e. The van der Waals surface area contributed by atoms with E-state index in [2.05, 4.69) is 29.7 Å². The van der Waals surface area contributed by atoms with Crippen LogP contribution < -0.4 is 0 Å². The van der Waals surface area contributed by atoms with E-state index >= 15 is 0 Å². The maximum absolute atomic E-state index is 13.8. The van der Waals surface area contributed by atoms with Crippen LogP contribution in [0.3, 0.4) is 0 Å². The minimum Gasteiger partial charge on any atom is -0.308 e. The summed E-state index contributed by atoms with van der Waals surface area (Å²) in [4.78, 5) is 4.33. The highest BCUT2D eigenvalue weighted by molar-refractivity contribution is 5.33. The quantitative estimate of drug-likeness (QED) is 0.790.